The molecule has 0 saturated carbocycles. The van der Waals surface area contributed by atoms with Gasteiger partial charge in [-0.3, -0.25) is 0 Å². The number of aliphatic hydroxyl groups excluding tert-OH is 1. The molecular weight excluding hydrogens is 326 g/mol. The molecule has 7 heteroatoms. The number of halogens is 2. The van der Waals surface area contributed by atoms with Crippen LogP contribution in [-0.4, -0.2) is 28.8 Å². The predicted molar refractivity (Wildman–Crippen MR) is 82.3 cm³/mol. The van der Waals surface area contributed by atoms with E-state index in [9.17, 15) is 18.1 Å². The van der Waals surface area contributed by atoms with Crippen LogP contribution in [0.1, 0.15) is 11.7 Å². The summed E-state index contributed by atoms with van der Waals surface area (Å²) >= 11 is 0. The van der Waals surface area contributed by atoms with Crippen LogP contribution < -0.4 is 9.47 Å². The van der Waals surface area contributed by atoms with Crippen LogP contribution in [0, 0.1) is 0 Å². The molecule has 1 N–H and O–H groups in total. The first kappa shape index (κ1) is 17.4. The molecule has 23 heavy (non-hydrogen) atoms. The summed E-state index contributed by atoms with van der Waals surface area (Å²) in [5, 5.41) is 6.21. The summed E-state index contributed by atoms with van der Waals surface area (Å²) in [5.41, 5.74) is -0.164. The quantitative estimate of drug-likeness (QED) is 0.876. The van der Waals surface area contributed by atoms with Crippen LogP contribution >= 0.6 is 0 Å². The van der Waals surface area contributed by atoms with Gasteiger partial charge in [0.15, 0.2) is 6.10 Å². The minimum atomic E-state index is -3.89. The second-order valence-corrected chi connectivity index (χ2v) is 6.21. The predicted octanol–water partition coefficient (Wildman–Crippen LogP) is 3.14. The first-order chi connectivity index (χ1) is 10.9. The van der Waals surface area contributed by atoms with E-state index in [1.165, 1.54) is 56.7 Å². The summed E-state index contributed by atoms with van der Waals surface area (Å²) in [6.07, 6.45) is -2.29. The van der Waals surface area contributed by atoms with Crippen molar-refractivity contribution in [1.82, 2.24) is 0 Å². The highest BCUT2D eigenvalue weighted by atomic mass is 32.2. The average Bonchev–Trinajstić information content (AvgIpc) is 2.60. The Morgan fingerprint density at radius 1 is 1.09 bits per heavy atom. The topological polar surface area (TPSA) is 55.8 Å². The fourth-order valence-corrected chi connectivity index (χ4v) is 3.08. The number of hydrogen-bond donors (Lipinski definition) is 1. The second-order valence-electron chi connectivity index (χ2n) is 4.65. The Morgan fingerprint density at radius 2 is 1.74 bits per heavy atom. The van der Waals surface area contributed by atoms with E-state index in [4.69, 9.17) is 9.47 Å². The van der Waals surface area contributed by atoms with Crippen LogP contribution in [0.4, 0.5) is 8.78 Å². The van der Waals surface area contributed by atoms with Crippen molar-refractivity contribution in [1.29, 1.82) is 0 Å². The van der Waals surface area contributed by atoms with Gasteiger partial charge in [0.2, 0.25) is 0 Å². The van der Waals surface area contributed by atoms with E-state index in [-0.39, 0.29) is 16.2 Å². The summed E-state index contributed by atoms with van der Waals surface area (Å²) in [4.78, 5) is -0.0657. The monoisotopic (exact) mass is 342 g/mol. The van der Waals surface area contributed by atoms with Gasteiger partial charge < -0.3 is 14.6 Å². The third-order valence-corrected chi connectivity index (χ3v) is 4.68. The lowest BCUT2D eigenvalue weighted by molar-refractivity contribution is -0.0406. The maximum absolute atomic E-state index is 14.4. The van der Waals surface area contributed by atoms with E-state index in [1.807, 2.05) is 0 Å². The van der Waals surface area contributed by atoms with Crippen LogP contribution in [0.2, 0.25) is 0 Å². The van der Waals surface area contributed by atoms with Gasteiger partial charge in [-0.2, -0.15) is 8.78 Å². The zero-order valence-corrected chi connectivity index (χ0v) is 13.3. The van der Waals surface area contributed by atoms with E-state index in [0.29, 0.717) is 5.75 Å². The average molecular weight is 342 g/mol. The maximum Gasteiger partial charge on any atom is 0.354 e. The Bertz CT molecular complexity index is 692. The summed E-state index contributed by atoms with van der Waals surface area (Å²) in [7, 11) is -0.00231. The van der Waals surface area contributed by atoms with Crippen molar-refractivity contribution in [2.75, 3.05) is 14.2 Å². The third kappa shape index (κ3) is 3.51. The van der Waals surface area contributed by atoms with E-state index in [2.05, 4.69) is 0 Å². The number of rotatable bonds is 6. The van der Waals surface area contributed by atoms with E-state index < -0.39 is 22.2 Å². The van der Waals surface area contributed by atoms with Crippen LogP contribution in [0.5, 0.6) is 11.5 Å². The van der Waals surface area contributed by atoms with Gasteiger partial charge in [0.1, 0.15) is 22.3 Å². The van der Waals surface area contributed by atoms with Crippen molar-refractivity contribution in [2.24, 2.45) is 0 Å². The molecule has 0 aromatic heterocycles. The smallest absolute Gasteiger partial charge is 0.354 e. The van der Waals surface area contributed by atoms with Crippen LogP contribution in [0.15, 0.2) is 53.4 Å². The van der Waals surface area contributed by atoms with Gasteiger partial charge in [-0.05, 0) is 24.3 Å². The third-order valence-electron chi connectivity index (χ3n) is 3.26. The molecular formula is C16H16F2O4S. The lowest BCUT2D eigenvalue weighted by atomic mass is 10.1. The van der Waals surface area contributed by atoms with Gasteiger partial charge >= 0.3 is 5.25 Å². The van der Waals surface area contributed by atoms with Gasteiger partial charge in [-0.15, -0.1) is 0 Å². The Hall–Kier alpha value is -1.99. The fraction of sp³-hybridized carbons (Fsp3) is 0.250. The highest BCUT2D eigenvalue weighted by Gasteiger charge is 2.47. The minimum absolute atomic E-state index is 0.0292. The standard InChI is InChI=1S/C16H16F2O4S/c1-21-11-8-9-13(14(10-11)22-2)15(19)16(17,18)23(20)12-6-4-3-5-7-12/h3-10,15,19H,1-2H3. The largest absolute Gasteiger partial charge is 0.497 e. The van der Waals surface area contributed by atoms with Gasteiger partial charge in [0.05, 0.1) is 14.2 Å². The molecule has 2 rings (SSSR count). The lowest BCUT2D eigenvalue weighted by Gasteiger charge is -2.23. The van der Waals surface area contributed by atoms with Crippen LogP contribution in [-0.2, 0) is 10.8 Å². The van der Waals surface area contributed by atoms with Crippen LogP contribution in [0.25, 0.3) is 0 Å². The number of hydrogen-bond acceptors (Lipinski definition) is 4. The molecule has 0 aliphatic carbocycles. The highest BCUT2D eigenvalue weighted by Crippen LogP contribution is 2.41. The normalized spacial score (nSPS) is 14.1. The van der Waals surface area contributed by atoms with Gasteiger partial charge in [-0.25, -0.2) is 4.21 Å². The van der Waals surface area contributed by atoms with Gasteiger partial charge in [0, 0.05) is 16.5 Å². The molecule has 2 aromatic rings. The molecule has 0 spiro atoms. The Morgan fingerprint density at radius 3 is 2.30 bits per heavy atom. The molecule has 2 atom stereocenters. The molecule has 0 radical (unpaired) electrons. The molecule has 124 valence electrons. The van der Waals surface area contributed by atoms with Crippen molar-refractivity contribution < 1.29 is 27.6 Å². The first-order valence-electron chi connectivity index (χ1n) is 6.66. The number of alkyl halides is 2. The minimum Gasteiger partial charge on any atom is -0.497 e. The van der Waals surface area contributed by atoms with E-state index in [0.717, 1.165) is 0 Å². The molecule has 0 bridgehead atoms. The summed E-state index contributed by atoms with van der Waals surface area (Å²) < 4.78 is 51.0. The molecule has 2 aromatic carbocycles. The van der Waals surface area contributed by atoms with Crippen molar-refractivity contribution in [3.05, 3.63) is 54.1 Å². The highest BCUT2D eigenvalue weighted by molar-refractivity contribution is 7.86. The molecule has 0 amide bonds. The number of aliphatic hydroxyl groups is 1. The second kappa shape index (κ2) is 7.06. The zero-order valence-electron chi connectivity index (χ0n) is 12.5. The van der Waals surface area contributed by atoms with Crippen molar-refractivity contribution in [3.8, 4) is 11.5 Å². The maximum atomic E-state index is 14.4. The van der Waals surface area contributed by atoms with E-state index in [1.54, 1.807) is 6.07 Å². The fourth-order valence-electron chi connectivity index (χ4n) is 2.03. The van der Waals surface area contributed by atoms with Crippen molar-refractivity contribution in [2.45, 2.75) is 16.3 Å². The van der Waals surface area contributed by atoms with Gasteiger partial charge in [0.25, 0.3) is 0 Å². The molecule has 0 saturated heterocycles. The lowest BCUT2D eigenvalue weighted by Crippen LogP contribution is -2.31. The zero-order chi connectivity index (χ0) is 17.0. The Labute approximate surface area is 135 Å². The van der Waals surface area contributed by atoms with E-state index >= 15 is 0 Å². The summed E-state index contributed by atoms with van der Waals surface area (Å²) in [6.45, 7) is 0. The molecule has 0 aliphatic heterocycles. The number of ether oxygens (including phenoxy) is 2. The first-order valence-corrected chi connectivity index (χ1v) is 7.81. The molecule has 0 fully saturated rings. The SMILES string of the molecule is COc1ccc(C(O)C(F)(F)S(=O)c2ccccc2)c(OC)c1. The molecule has 2 unspecified atom stereocenters. The van der Waals surface area contributed by atoms with Crippen molar-refractivity contribution in [3.63, 3.8) is 0 Å². The Balaban J connectivity index is 2.38. The summed E-state index contributed by atoms with van der Waals surface area (Å²) in [5.74, 6) is 0.423. The Kier molecular flexibility index (Phi) is 5.33. The summed E-state index contributed by atoms with van der Waals surface area (Å²) in [6, 6.07) is 11.3. The number of methoxy groups -OCH3 is 2. The molecule has 0 heterocycles. The molecule has 0 aliphatic rings. The van der Waals surface area contributed by atoms with Crippen molar-refractivity contribution >= 4 is 10.8 Å². The number of benzene rings is 2. The molecule has 4 nitrogen and oxygen atoms in total. The van der Waals surface area contributed by atoms with Crippen LogP contribution in [0.3, 0.4) is 0 Å². The van der Waals surface area contributed by atoms with Gasteiger partial charge in [-0.1, -0.05) is 18.2 Å².